The van der Waals surface area contributed by atoms with E-state index in [9.17, 15) is 25.0 Å². The first-order chi connectivity index (χ1) is 15.5. The van der Waals surface area contributed by atoms with Gasteiger partial charge in [0.2, 0.25) is 6.54 Å². The van der Waals surface area contributed by atoms with Crippen LogP contribution in [0.4, 0.5) is 10.8 Å². The fourth-order valence-corrected chi connectivity index (χ4v) is 4.66. The molecule has 0 radical (unpaired) electrons. The van der Waals surface area contributed by atoms with Gasteiger partial charge in [0.15, 0.2) is 5.13 Å². The Labute approximate surface area is 198 Å². The summed E-state index contributed by atoms with van der Waals surface area (Å²) in [6.07, 6.45) is 0. The zero-order chi connectivity index (χ0) is 24.3. The molecule has 0 aliphatic carbocycles. The highest BCUT2D eigenvalue weighted by Gasteiger charge is 2.32. The number of anilines is 1. The summed E-state index contributed by atoms with van der Waals surface area (Å²) in [5.74, 6) is -1.06. The molecule has 0 aliphatic rings. The smallest absolute Gasteiger partial charge is 0.269 e. The topological polar surface area (TPSA) is 128 Å². The molecule has 33 heavy (non-hydrogen) atoms. The van der Waals surface area contributed by atoms with Gasteiger partial charge in [-0.1, -0.05) is 44.5 Å². The second-order valence-electron chi connectivity index (χ2n) is 8.36. The van der Waals surface area contributed by atoms with Crippen molar-refractivity contribution in [2.24, 2.45) is 0 Å². The molecule has 1 unspecified atom stereocenters. The van der Waals surface area contributed by atoms with Crippen molar-refractivity contribution in [3.63, 3.8) is 0 Å². The van der Waals surface area contributed by atoms with Gasteiger partial charge in [0.25, 0.3) is 11.6 Å². The third-order valence-corrected chi connectivity index (χ3v) is 6.18. The summed E-state index contributed by atoms with van der Waals surface area (Å²) >= 11 is 7.17. The molecule has 3 aromatic rings. The maximum absolute atomic E-state index is 12.7. The Kier molecular flexibility index (Phi) is 7.09. The number of nitrogens with one attached hydrogen (secondary N) is 1. The van der Waals surface area contributed by atoms with E-state index < -0.39 is 22.2 Å². The number of carbonyl (C=O) groups is 1. The number of hydrogen-bond donors (Lipinski definition) is 1. The Morgan fingerprint density at radius 2 is 1.70 bits per heavy atom. The van der Waals surface area contributed by atoms with Crippen LogP contribution in [-0.2, 0) is 5.41 Å². The van der Waals surface area contributed by atoms with Crippen LogP contribution in [0.15, 0.2) is 48.5 Å². The van der Waals surface area contributed by atoms with Crippen molar-refractivity contribution in [3.05, 3.63) is 95.5 Å². The fraction of sp³-hybridized carbons (Fsp3) is 0.273. The average molecular weight is 489 g/mol. The quantitative estimate of drug-likeness (QED) is 0.337. The van der Waals surface area contributed by atoms with Gasteiger partial charge in [-0.05, 0) is 29.8 Å². The molecule has 0 saturated heterocycles. The molecule has 0 bridgehead atoms. The fourth-order valence-electron chi connectivity index (χ4n) is 3.25. The SMILES string of the molecule is CC(C)(C)c1nc(NC(=O)c2ccc([N+](=O)[O-])cc2)sc1C(C[N+](=O)[O-])c1ccc(Cl)cc1. The van der Waals surface area contributed by atoms with E-state index in [1.54, 1.807) is 24.3 Å². The highest BCUT2D eigenvalue weighted by atomic mass is 35.5. The number of benzene rings is 2. The van der Waals surface area contributed by atoms with E-state index in [-0.39, 0.29) is 22.7 Å². The van der Waals surface area contributed by atoms with E-state index in [0.29, 0.717) is 20.7 Å². The Bertz CT molecular complexity index is 1190. The van der Waals surface area contributed by atoms with Crippen molar-refractivity contribution in [2.45, 2.75) is 32.1 Å². The number of nitro groups is 2. The molecule has 1 atom stereocenters. The van der Waals surface area contributed by atoms with E-state index in [1.165, 1.54) is 35.6 Å². The summed E-state index contributed by atoms with van der Waals surface area (Å²) in [7, 11) is 0. The zero-order valence-corrected chi connectivity index (χ0v) is 19.6. The Balaban J connectivity index is 1.98. The van der Waals surface area contributed by atoms with Crippen molar-refractivity contribution in [3.8, 4) is 0 Å². The van der Waals surface area contributed by atoms with Gasteiger partial charge in [-0.2, -0.15) is 0 Å². The minimum Gasteiger partial charge on any atom is -0.298 e. The van der Waals surface area contributed by atoms with Crippen LogP contribution in [0.2, 0.25) is 5.02 Å². The molecular weight excluding hydrogens is 468 g/mol. The van der Waals surface area contributed by atoms with Crippen LogP contribution < -0.4 is 5.32 Å². The molecule has 11 heteroatoms. The molecule has 1 heterocycles. The largest absolute Gasteiger partial charge is 0.298 e. The summed E-state index contributed by atoms with van der Waals surface area (Å²) in [5, 5.41) is 25.8. The van der Waals surface area contributed by atoms with Gasteiger partial charge in [0, 0.05) is 37.9 Å². The minimum atomic E-state index is -0.575. The van der Waals surface area contributed by atoms with E-state index >= 15 is 0 Å². The average Bonchev–Trinajstić information content (AvgIpc) is 3.16. The van der Waals surface area contributed by atoms with Crippen molar-refractivity contribution >= 4 is 39.7 Å². The van der Waals surface area contributed by atoms with Gasteiger partial charge in [0.1, 0.15) is 0 Å². The lowest BCUT2D eigenvalue weighted by Gasteiger charge is -2.21. The first-order valence-corrected chi connectivity index (χ1v) is 11.1. The maximum atomic E-state index is 12.7. The number of nitro benzene ring substituents is 1. The van der Waals surface area contributed by atoms with Gasteiger partial charge in [0.05, 0.1) is 16.5 Å². The third-order valence-electron chi connectivity index (χ3n) is 4.85. The summed E-state index contributed by atoms with van der Waals surface area (Å²) in [6, 6.07) is 12.1. The Morgan fingerprint density at radius 3 is 2.21 bits per heavy atom. The molecular formula is C22H21ClN4O5S. The Hall–Kier alpha value is -3.37. The van der Waals surface area contributed by atoms with Gasteiger partial charge >= 0.3 is 0 Å². The molecule has 0 saturated carbocycles. The van der Waals surface area contributed by atoms with Crippen LogP contribution in [0.1, 0.15) is 53.2 Å². The van der Waals surface area contributed by atoms with Crippen LogP contribution in [-0.4, -0.2) is 27.3 Å². The normalized spacial score (nSPS) is 12.2. The number of nitrogens with zero attached hydrogens (tertiary/aromatic N) is 3. The van der Waals surface area contributed by atoms with E-state index in [2.05, 4.69) is 10.3 Å². The second-order valence-corrected chi connectivity index (χ2v) is 9.83. The highest BCUT2D eigenvalue weighted by molar-refractivity contribution is 7.16. The number of non-ortho nitro benzene ring substituents is 1. The van der Waals surface area contributed by atoms with E-state index in [1.807, 2.05) is 20.8 Å². The molecule has 1 aromatic heterocycles. The van der Waals surface area contributed by atoms with Gasteiger partial charge in [-0.15, -0.1) is 11.3 Å². The molecule has 3 rings (SSSR count). The van der Waals surface area contributed by atoms with Crippen molar-refractivity contribution in [2.75, 3.05) is 11.9 Å². The van der Waals surface area contributed by atoms with Crippen molar-refractivity contribution < 1.29 is 14.6 Å². The number of rotatable bonds is 7. The lowest BCUT2D eigenvalue weighted by Crippen LogP contribution is -2.20. The third kappa shape index (κ3) is 5.91. The highest BCUT2D eigenvalue weighted by Crippen LogP contribution is 2.40. The van der Waals surface area contributed by atoms with Crippen LogP contribution in [0.5, 0.6) is 0 Å². The summed E-state index contributed by atoms with van der Waals surface area (Å²) in [5.41, 5.74) is 1.04. The molecule has 1 N–H and O–H groups in total. The van der Waals surface area contributed by atoms with Crippen LogP contribution in [0, 0.1) is 20.2 Å². The minimum absolute atomic E-state index is 0.122. The predicted octanol–water partition coefficient (Wildman–Crippen LogP) is 5.66. The molecule has 0 spiro atoms. The standard InChI is InChI=1S/C22H21ClN4O5S/c1-22(2,3)19-18(17(12-26(29)30)13-4-8-15(23)9-5-13)33-21(24-19)25-20(28)14-6-10-16(11-7-14)27(31)32/h4-11,17H,12H2,1-3H3,(H,24,25,28). The molecule has 1 amide bonds. The lowest BCUT2D eigenvalue weighted by molar-refractivity contribution is -0.481. The predicted molar refractivity (Wildman–Crippen MR) is 127 cm³/mol. The van der Waals surface area contributed by atoms with Crippen LogP contribution in [0.25, 0.3) is 0 Å². The zero-order valence-electron chi connectivity index (χ0n) is 18.1. The number of hydrogen-bond acceptors (Lipinski definition) is 7. The molecule has 2 aromatic carbocycles. The van der Waals surface area contributed by atoms with Gasteiger partial charge in [-0.3, -0.25) is 30.3 Å². The first-order valence-electron chi connectivity index (χ1n) is 9.90. The second kappa shape index (κ2) is 9.63. The summed E-state index contributed by atoms with van der Waals surface area (Å²) in [4.78, 5) is 39.3. The summed E-state index contributed by atoms with van der Waals surface area (Å²) < 4.78 is 0. The maximum Gasteiger partial charge on any atom is 0.269 e. The van der Waals surface area contributed by atoms with Crippen molar-refractivity contribution in [1.82, 2.24) is 4.98 Å². The van der Waals surface area contributed by atoms with Gasteiger partial charge < -0.3 is 0 Å². The number of carbonyl (C=O) groups excluding carboxylic acids is 1. The number of aromatic nitrogens is 1. The van der Waals surface area contributed by atoms with Crippen LogP contribution >= 0.6 is 22.9 Å². The monoisotopic (exact) mass is 488 g/mol. The molecule has 9 nitrogen and oxygen atoms in total. The first kappa shape index (κ1) is 24.3. The molecule has 0 fully saturated rings. The van der Waals surface area contributed by atoms with Crippen molar-refractivity contribution in [1.29, 1.82) is 0 Å². The van der Waals surface area contributed by atoms with E-state index in [4.69, 9.17) is 11.6 Å². The lowest BCUT2D eigenvalue weighted by atomic mass is 9.86. The molecule has 0 aliphatic heterocycles. The van der Waals surface area contributed by atoms with Crippen LogP contribution in [0.3, 0.4) is 0 Å². The number of amides is 1. The molecule has 172 valence electrons. The van der Waals surface area contributed by atoms with Gasteiger partial charge in [-0.25, -0.2) is 4.98 Å². The summed E-state index contributed by atoms with van der Waals surface area (Å²) in [6.45, 7) is 5.48. The number of thiazole rings is 1. The van der Waals surface area contributed by atoms with E-state index in [0.717, 1.165) is 5.56 Å². The number of halogens is 1. The Morgan fingerprint density at radius 1 is 1.09 bits per heavy atom.